The molecule has 1 aromatic heterocycles. The van der Waals surface area contributed by atoms with E-state index >= 15 is 0 Å². The van der Waals surface area contributed by atoms with Gasteiger partial charge in [0.1, 0.15) is 0 Å². The number of rotatable bonds is 5. The van der Waals surface area contributed by atoms with Crippen molar-refractivity contribution in [1.82, 2.24) is 15.0 Å². The molecule has 1 fully saturated rings. The van der Waals surface area contributed by atoms with Gasteiger partial charge < -0.3 is 9.42 Å². The van der Waals surface area contributed by atoms with Crippen LogP contribution in [0.5, 0.6) is 0 Å². The molecule has 0 spiro atoms. The molecule has 0 saturated carbocycles. The smallest absolute Gasteiger partial charge is 0.223 e. The first-order valence-corrected chi connectivity index (χ1v) is 8.59. The van der Waals surface area contributed by atoms with Gasteiger partial charge in [-0.2, -0.15) is 0 Å². The quantitative estimate of drug-likeness (QED) is 0.847. The third-order valence-electron chi connectivity index (χ3n) is 4.63. The number of hydrogen-bond acceptors (Lipinski definition) is 4. The highest BCUT2D eigenvalue weighted by Gasteiger charge is 2.23. The average Bonchev–Trinajstić information content (AvgIpc) is 3.01. The number of nitrogens with zero attached hydrogens (tertiary/aromatic N) is 3. The molecule has 1 aliphatic heterocycles. The maximum atomic E-state index is 12.5. The molecule has 0 bridgehead atoms. The zero-order valence-electron chi connectivity index (χ0n) is 14.4. The Labute approximate surface area is 143 Å². The van der Waals surface area contributed by atoms with Crippen LogP contribution in [0.1, 0.15) is 36.3 Å². The number of benzene rings is 1. The van der Waals surface area contributed by atoms with E-state index in [1.807, 2.05) is 36.1 Å². The minimum atomic E-state index is 0.251. The second-order valence-corrected chi connectivity index (χ2v) is 6.61. The van der Waals surface area contributed by atoms with Gasteiger partial charge in [-0.15, -0.1) is 0 Å². The summed E-state index contributed by atoms with van der Waals surface area (Å²) in [5.74, 6) is 1.40. The van der Waals surface area contributed by atoms with Crippen LogP contribution in [0.3, 0.4) is 0 Å². The van der Waals surface area contributed by atoms with Gasteiger partial charge in [-0.05, 0) is 18.4 Å². The first-order valence-electron chi connectivity index (χ1n) is 8.59. The number of piperazine rings is 1. The Bertz CT molecular complexity index is 660. The number of amides is 1. The summed E-state index contributed by atoms with van der Waals surface area (Å²) < 4.78 is 5.27. The highest BCUT2D eigenvalue weighted by atomic mass is 16.5. The fourth-order valence-electron chi connectivity index (χ4n) is 3.16. The molecule has 1 amide bonds. The van der Waals surface area contributed by atoms with Crippen LogP contribution in [0.15, 0.2) is 40.9 Å². The van der Waals surface area contributed by atoms with Crippen molar-refractivity contribution in [2.24, 2.45) is 0 Å². The van der Waals surface area contributed by atoms with Gasteiger partial charge in [0.25, 0.3) is 0 Å². The Hall–Kier alpha value is -2.14. The first kappa shape index (κ1) is 16.7. The van der Waals surface area contributed by atoms with Crippen molar-refractivity contribution < 1.29 is 9.32 Å². The number of carbonyl (C=O) groups is 1. The van der Waals surface area contributed by atoms with Crippen LogP contribution < -0.4 is 0 Å². The molecule has 24 heavy (non-hydrogen) atoms. The molecule has 2 heterocycles. The Morgan fingerprint density at radius 1 is 1.21 bits per heavy atom. The van der Waals surface area contributed by atoms with Crippen molar-refractivity contribution >= 4 is 5.91 Å². The van der Waals surface area contributed by atoms with Gasteiger partial charge in [0.05, 0.1) is 12.2 Å². The molecule has 1 unspecified atom stereocenters. The fraction of sp³-hybridized carbons (Fsp3) is 0.474. The van der Waals surface area contributed by atoms with Crippen LogP contribution in [0.2, 0.25) is 0 Å². The number of aryl methyl sites for hydroxylation is 1. The van der Waals surface area contributed by atoms with Gasteiger partial charge in [0.15, 0.2) is 5.76 Å². The molecule has 1 saturated heterocycles. The van der Waals surface area contributed by atoms with Crippen LogP contribution in [0.4, 0.5) is 0 Å². The molecule has 2 aromatic rings. The lowest BCUT2D eigenvalue weighted by Crippen LogP contribution is -2.48. The summed E-state index contributed by atoms with van der Waals surface area (Å²) in [6.45, 7) is 8.15. The summed E-state index contributed by atoms with van der Waals surface area (Å²) in [4.78, 5) is 16.8. The minimum absolute atomic E-state index is 0.251. The molecular weight excluding hydrogens is 302 g/mol. The lowest BCUT2D eigenvalue weighted by molar-refractivity contribution is -0.133. The van der Waals surface area contributed by atoms with Crippen molar-refractivity contribution in [3.05, 3.63) is 53.4 Å². The van der Waals surface area contributed by atoms with Crippen LogP contribution in [0, 0.1) is 6.92 Å². The van der Waals surface area contributed by atoms with E-state index in [9.17, 15) is 4.79 Å². The molecule has 0 radical (unpaired) electrons. The van der Waals surface area contributed by atoms with Crippen LogP contribution in [-0.4, -0.2) is 47.0 Å². The minimum Gasteiger partial charge on any atom is -0.360 e. The molecule has 1 aliphatic rings. The average molecular weight is 327 g/mol. The molecular formula is C19H25N3O2. The van der Waals surface area contributed by atoms with Crippen LogP contribution >= 0.6 is 0 Å². The Balaban J connectivity index is 1.46. The maximum absolute atomic E-state index is 12.5. The van der Waals surface area contributed by atoms with Crippen molar-refractivity contribution in [1.29, 1.82) is 0 Å². The molecule has 5 nitrogen and oxygen atoms in total. The molecule has 0 aliphatic carbocycles. The van der Waals surface area contributed by atoms with E-state index in [-0.39, 0.29) is 11.8 Å². The van der Waals surface area contributed by atoms with Crippen molar-refractivity contribution in [3.8, 4) is 0 Å². The second kappa shape index (κ2) is 7.62. The van der Waals surface area contributed by atoms with Gasteiger partial charge in [0.2, 0.25) is 5.91 Å². The summed E-state index contributed by atoms with van der Waals surface area (Å²) in [5, 5.41) is 3.92. The monoisotopic (exact) mass is 327 g/mol. The zero-order chi connectivity index (χ0) is 16.9. The molecule has 128 valence electrons. The normalized spacial score (nSPS) is 17.0. The third kappa shape index (κ3) is 4.23. The Morgan fingerprint density at radius 2 is 1.92 bits per heavy atom. The summed E-state index contributed by atoms with van der Waals surface area (Å²) >= 11 is 0. The third-order valence-corrected chi connectivity index (χ3v) is 4.63. The second-order valence-electron chi connectivity index (χ2n) is 6.61. The van der Waals surface area contributed by atoms with Gasteiger partial charge in [-0.3, -0.25) is 9.69 Å². The predicted octanol–water partition coefficient (Wildman–Crippen LogP) is 2.82. The maximum Gasteiger partial charge on any atom is 0.223 e. The molecule has 1 atom stereocenters. The topological polar surface area (TPSA) is 49.6 Å². The van der Waals surface area contributed by atoms with E-state index < -0.39 is 0 Å². The largest absolute Gasteiger partial charge is 0.360 e. The molecule has 5 heteroatoms. The zero-order valence-corrected chi connectivity index (χ0v) is 14.4. The Kier molecular flexibility index (Phi) is 5.30. The van der Waals surface area contributed by atoms with E-state index in [4.69, 9.17) is 4.52 Å². The highest BCUT2D eigenvalue weighted by molar-refractivity contribution is 5.77. The highest BCUT2D eigenvalue weighted by Crippen LogP contribution is 2.20. The standard InChI is InChI=1S/C19H25N3O2/c1-15(17-6-4-3-5-7-17)12-19(23)22-10-8-21(9-11-22)14-18-13-16(2)20-24-18/h3-7,13,15H,8-12,14H2,1-2H3. The van der Waals surface area contributed by atoms with Gasteiger partial charge in [0, 0.05) is 38.7 Å². The Morgan fingerprint density at radius 3 is 2.54 bits per heavy atom. The lowest BCUT2D eigenvalue weighted by Gasteiger charge is -2.34. The van der Waals surface area contributed by atoms with Gasteiger partial charge in [-0.25, -0.2) is 0 Å². The molecule has 0 N–H and O–H groups in total. The van der Waals surface area contributed by atoms with Crippen molar-refractivity contribution in [2.75, 3.05) is 26.2 Å². The summed E-state index contributed by atoms with van der Waals surface area (Å²) in [5.41, 5.74) is 2.14. The van der Waals surface area contributed by atoms with Crippen LogP contribution in [-0.2, 0) is 11.3 Å². The summed E-state index contributed by atoms with van der Waals surface area (Å²) in [7, 11) is 0. The van der Waals surface area contributed by atoms with Crippen LogP contribution in [0.25, 0.3) is 0 Å². The molecule has 1 aromatic carbocycles. The fourth-order valence-corrected chi connectivity index (χ4v) is 3.16. The van der Waals surface area contributed by atoms with Gasteiger partial charge >= 0.3 is 0 Å². The van der Waals surface area contributed by atoms with Crippen molar-refractivity contribution in [2.45, 2.75) is 32.7 Å². The lowest BCUT2D eigenvalue weighted by atomic mass is 9.97. The molecule has 3 rings (SSSR count). The number of carbonyl (C=O) groups excluding carboxylic acids is 1. The van der Waals surface area contributed by atoms with E-state index in [2.05, 4.69) is 29.1 Å². The first-order chi connectivity index (χ1) is 11.6. The van der Waals surface area contributed by atoms with E-state index in [0.29, 0.717) is 6.42 Å². The van der Waals surface area contributed by atoms with Crippen molar-refractivity contribution in [3.63, 3.8) is 0 Å². The summed E-state index contributed by atoms with van der Waals surface area (Å²) in [6, 6.07) is 12.2. The van der Waals surface area contributed by atoms with Gasteiger partial charge in [-0.1, -0.05) is 42.4 Å². The number of aromatic nitrogens is 1. The van der Waals surface area contributed by atoms with E-state index in [1.54, 1.807) is 0 Å². The number of hydrogen-bond donors (Lipinski definition) is 0. The summed E-state index contributed by atoms with van der Waals surface area (Å²) in [6.07, 6.45) is 0.575. The van der Waals surface area contributed by atoms with E-state index in [0.717, 1.165) is 44.2 Å². The van der Waals surface area contributed by atoms with E-state index in [1.165, 1.54) is 5.56 Å². The SMILES string of the molecule is Cc1cc(CN2CCN(C(=O)CC(C)c3ccccc3)CC2)on1. The predicted molar refractivity (Wildman–Crippen MR) is 92.6 cm³/mol.